The number of hydrogen-bond acceptors (Lipinski definition) is 3. The summed E-state index contributed by atoms with van der Waals surface area (Å²) in [6.45, 7) is 2.11. The molecule has 0 saturated heterocycles. The molecule has 1 aromatic heterocycles. The third-order valence-electron chi connectivity index (χ3n) is 3.48. The number of anilines is 1. The highest BCUT2D eigenvalue weighted by atomic mass is 16.3. The van der Waals surface area contributed by atoms with Crippen LogP contribution in [-0.2, 0) is 0 Å². The van der Waals surface area contributed by atoms with Gasteiger partial charge in [-0.05, 0) is 36.8 Å². The Morgan fingerprint density at radius 3 is 2.45 bits per heavy atom. The number of benzene rings is 2. The molecule has 1 atom stereocenters. The Balaban J connectivity index is 1.97. The summed E-state index contributed by atoms with van der Waals surface area (Å²) in [6, 6.07) is 15.6. The van der Waals surface area contributed by atoms with E-state index in [4.69, 9.17) is 0 Å². The van der Waals surface area contributed by atoms with E-state index in [1.807, 2.05) is 42.5 Å². The van der Waals surface area contributed by atoms with E-state index in [9.17, 15) is 5.11 Å². The fourth-order valence-corrected chi connectivity index (χ4v) is 2.39. The summed E-state index contributed by atoms with van der Waals surface area (Å²) >= 11 is 0. The first kappa shape index (κ1) is 12.5. The maximum Gasteiger partial charge on any atom is 0.123 e. The molecule has 0 amide bonds. The zero-order valence-corrected chi connectivity index (χ0v) is 11.2. The first-order valence-electron chi connectivity index (χ1n) is 6.63. The first-order chi connectivity index (χ1) is 9.75. The number of pyridine rings is 1. The lowest BCUT2D eigenvalue weighted by molar-refractivity contribution is 0.481. The Bertz CT molecular complexity index is 725. The second-order valence-corrected chi connectivity index (χ2v) is 4.82. The fourth-order valence-electron chi connectivity index (χ4n) is 2.39. The second-order valence-electron chi connectivity index (χ2n) is 4.82. The van der Waals surface area contributed by atoms with Gasteiger partial charge in [0.05, 0.1) is 0 Å². The van der Waals surface area contributed by atoms with Gasteiger partial charge < -0.3 is 10.4 Å². The topological polar surface area (TPSA) is 45.1 Å². The summed E-state index contributed by atoms with van der Waals surface area (Å²) in [6.07, 6.45) is 3.59. The summed E-state index contributed by atoms with van der Waals surface area (Å²) in [4.78, 5) is 4.04. The van der Waals surface area contributed by atoms with Crippen LogP contribution < -0.4 is 5.32 Å². The molecule has 20 heavy (non-hydrogen) atoms. The lowest BCUT2D eigenvalue weighted by Gasteiger charge is -2.17. The monoisotopic (exact) mass is 264 g/mol. The Kier molecular flexibility index (Phi) is 3.25. The quantitative estimate of drug-likeness (QED) is 0.748. The average Bonchev–Trinajstić information content (AvgIpc) is 2.49. The van der Waals surface area contributed by atoms with Crippen LogP contribution in [0.1, 0.15) is 18.5 Å². The van der Waals surface area contributed by atoms with Crippen molar-refractivity contribution in [1.82, 2.24) is 4.98 Å². The molecule has 0 aliphatic carbocycles. The number of hydrogen-bond donors (Lipinski definition) is 2. The molecule has 0 radical (unpaired) electrons. The van der Waals surface area contributed by atoms with Crippen LogP contribution in [0.2, 0.25) is 0 Å². The van der Waals surface area contributed by atoms with Crippen molar-refractivity contribution < 1.29 is 5.11 Å². The molecule has 0 saturated carbocycles. The molecule has 2 aromatic carbocycles. The Morgan fingerprint density at radius 2 is 1.65 bits per heavy atom. The van der Waals surface area contributed by atoms with Gasteiger partial charge in [0.25, 0.3) is 0 Å². The third-order valence-corrected chi connectivity index (χ3v) is 3.48. The van der Waals surface area contributed by atoms with Crippen molar-refractivity contribution in [3.05, 3.63) is 66.5 Å². The van der Waals surface area contributed by atoms with Gasteiger partial charge in [0.2, 0.25) is 0 Å². The van der Waals surface area contributed by atoms with Gasteiger partial charge in [0, 0.05) is 34.9 Å². The van der Waals surface area contributed by atoms with Crippen molar-refractivity contribution in [3.63, 3.8) is 0 Å². The number of phenols is 1. The minimum atomic E-state index is 0.172. The molecule has 0 bridgehead atoms. The summed E-state index contributed by atoms with van der Waals surface area (Å²) < 4.78 is 0. The molecule has 1 unspecified atom stereocenters. The average molecular weight is 264 g/mol. The maximum atomic E-state index is 9.91. The van der Waals surface area contributed by atoms with Crippen molar-refractivity contribution >= 4 is 16.5 Å². The van der Waals surface area contributed by atoms with Crippen molar-refractivity contribution in [2.24, 2.45) is 0 Å². The third kappa shape index (κ3) is 2.30. The predicted octanol–water partition coefficient (Wildman–Crippen LogP) is 4.11. The number of nitrogens with zero attached hydrogens (tertiary/aromatic N) is 1. The van der Waals surface area contributed by atoms with Crippen LogP contribution in [0.4, 0.5) is 5.69 Å². The summed E-state index contributed by atoms with van der Waals surface area (Å²) in [5.74, 6) is 0.308. The minimum Gasteiger partial charge on any atom is -0.507 e. The van der Waals surface area contributed by atoms with Crippen LogP contribution in [0.15, 0.2) is 60.9 Å². The number of aromatic nitrogens is 1. The molecule has 0 aliphatic heterocycles. The lowest BCUT2D eigenvalue weighted by Crippen LogP contribution is -2.06. The lowest BCUT2D eigenvalue weighted by atomic mass is 10.1. The molecular weight excluding hydrogens is 248 g/mol. The number of aromatic hydroxyl groups is 1. The van der Waals surface area contributed by atoms with Crippen LogP contribution in [0.3, 0.4) is 0 Å². The normalized spacial score (nSPS) is 12.2. The van der Waals surface area contributed by atoms with Crippen LogP contribution in [0.25, 0.3) is 10.8 Å². The molecule has 1 heterocycles. The van der Waals surface area contributed by atoms with Crippen LogP contribution in [0, 0.1) is 0 Å². The van der Waals surface area contributed by atoms with E-state index in [2.05, 4.69) is 17.2 Å². The van der Waals surface area contributed by atoms with E-state index in [-0.39, 0.29) is 6.04 Å². The molecule has 3 rings (SSSR count). The van der Waals surface area contributed by atoms with Crippen molar-refractivity contribution in [2.75, 3.05) is 5.32 Å². The van der Waals surface area contributed by atoms with Crippen molar-refractivity contribution in [2.45, 2.75) is 13.0 Å². The van der Waals surface area contributed by atoms with E-state index >= 15 is 0 Å². The number of phenolic OH excluding ortho intramolecular Hbond substituents is 1. The highest BCUT2D eigenvalue weighted by Gasteiger charge is 2.08. The zero-order valence-electron chi connectivity index (χ0n) is 11.2. The zero-order chi connectivity index (χ0) is 13.9. The summed E-state index contributed by atoms with van der Waals surface area (Å²) in [7, 11) is 0. The first-order valence-corrected chi connectivity index (χ1v) is 6.63. The Morgan fingerprint density at radius 1 is 0.950 bits per heavy atom. The largest absolute Gasteiger partial charge is 0.507 e. The van der Waals surface area contributed by atoms with Gasteiger partial charge in [-0.2, -0.15) is 0 Å². The SMILES string of the molecule is CC(Nc1cccc2c(O)cccc12)c1ccncc1. The Labute approximate surface area is 117 Å². The van der Waals surface area contributed by atoms with Crippen molar-refractivity contribution in [1.29, 1.82) is 0 Å². The second kappa shape index (κ2) is 5.21. The van der Waals surface area contributed by atoms with E-state index in [1.54, 1.807) is 18.5 Å². The van der Waals surface area contributed by atoms with Crippen LogP contribution >= 0.6 is 0 Å². The summed E-state index contributed by atoms with van der Waals surface area (Å²) in [5, 5.41) is 15.3. The summed E-state index contributed by atoms with van der Waals surface area (Å²) in [5.41, 5.74) is 2.19. The van der Waals surface area contributed by atoms with E-state index in [0.29, 0.717) is 5.75 Å². The maximum absolute atomic E-state index is 9.91. The number of rotatable bonds is 3. The van der Waals surface area contributed by atoms with Gasteiger partial charge in [0.15, 0.2) is 0 Å². The van der Waals surface area contributed by atoms with Gasteiger partial charge >= 0.3 is 0 Å². The van der Waals surface area contributed by atoms with E-state index < -0.39 is 0 Å². The van der Waals surface area contributed by atoms with Gasteiger partial charge in [0.1, 0.15) is 5.75 Å². The van der Waals surface area contributed by atoms with Gasteiger partial charge in [-0.1, -0.05) is 24.3 Å². The molecule has 3 heteroatoms. The van der Waals surface area contributed by atoms with Gasteiger partial charge in [-0.25, -0.2) is 0 Å². The molecule has 0 aliphatic rings. The highest BCUT2D eigenvalue weighted by molar-refractivity contribution is 5.97. The molecule has 0 spiro atoms. The van der Waals surface area contributed by atoms with Gasteiger partial charge in [-0.15, -0.1) is 0 Å². The number of nitrogens with one attached hydrogen (secondary N) is 1. The molecule has 3 aromatic rings. The minimum absolute atomic E-state index is 0.172. The van der Waals surface area contributed by atoms with E-state index in [0.717, 1.165) is 16.5 Å². The predicted molar refractivity (Wildman–Crippen MR) is 81.9 cm³/mol. The molecule has 2 N–H and O–H groups in total. The van der Waals surface area contributed by atoms with Crippen molar-refractivity contribution in [3.8, 4) is 5.75 Å². The van der Waals surface area contributed by atoms with Crippen LogP contribution in [0.5, 0.6) is 5.75 Å². The van der Waals surface area contributed by atoms with Gasteiger partial charge in [-0.3, -0.25) is 4.98 Å². The fraction of sp³-hybridized carbons (Fsp3) is 0.118. The Hall–Kier alpha value is -2.55. The van der Waals surface area contributed by atoms with E-state index in [1.165, 1.54) is 5.56 Å². The molecule has 0 fully saturated rings. The smallest absolute Gasteiger partial charge is 0.123 e. The van der Waals surface area contributed by atoms with Crippen LogP contribution in [-0.4, -0.2) is 10.1 Å². The number of fused-ring (bicyclic) bond motifs is 1. The molecule has 100 valence electrons. The highest BCUT2D eigenvalue weighted by Crippen LogP contribution is 2.31. The molecular formula is C17H16N2O. The standard InChI is InChI=1S/C17H16N2O/c1-12(13-8-10-18-11-9-13)19-16-6-2-5-15-14(16)4-3-7-17(15)20/h2-12,19-20H,1H3. The molecule has 3 nitrogen and oxygen atoms in total.